The molecule has 10 nitrogen and oxygen atoms in total. The zero-order valence-electron chi connectivity index (χ0n) is 17.2. The molecule has 166 valence electrons. The van der Waals surface area contributed by atoms with Crippen molar-refractivity contribution < 1.29 is 28.6 Å². The number of carbonyl (C=O) groups is 3. The van der Waals surface area contributed by atoms with E-state index in [9.17, 15) is 14.4 Å². The number of thioether (sulfide) groups is 1. The van der Waals surface area contributed by atoms with Crippen LogP contribution in [-0.4, -0.2) is 61.1 Å². The van der Waals surface area contributed by atoms with Crippen LogP contribution in [0.3, 0.4) is 0 Å². The molecule has 1 unspecified atom stereocenters. The molecule has 1 N–H and O–H groups in total. The van der Waals surface area contributed by atoms with Crippen molar-refractivity contribution in [3.8, 4) is 11.5 Å². The van der Waals surface area contributed by atoms with Gasteiger partial charge in [0.05, 0.1) is 32.5 Å². The van der Waals surface area contributed by atoms with Crippen molar-refractivity contribution in [3.63, 3.8) is 0 Å². The van der Waals surface area contributed by atoms with E-state index in [2.05, 4.69) is 15.5 Å². The molecule has 0 bridgehead atoms. The molecule has 1 aromatic heterocycles. The van der Waals surface area contributed by atoms with E-state index >= 15 is 0 Å². The van der Waals surface area contributed by atoms with E-state index in [0.717, 1.165) is 11.3 Å². The van der Waals surface area contributed by atoms with Crippen molar-refractivity contribution in [2.24, 2.45) is 5.92 Å². The van der Waals surface area contributed by atoms with Gasteiger partial charge in [0.2, 0.25) is 16.9 Å². The number of carbonyl (C=O) groups excluding carboxylic acids is 3. The lowest BCUT2D eigenvalue weighted by Crippen LogP contribution is -2.28. The highest BCUT2D eigenvalue weighted by molar-refractivity contribution is 8.01. The summed E-state index contributed by atoms with van der Waals surface area (Å²) in [6.45, 7) is 2.29. The SMILES string of the molecule is CCOC(=O)CSc1nnc(NC(=O)C2CC(=O)N(c3ccc(OC)c(OC)c3)C2)s1. The first-order valence-electron chi connectivity index (χ1n) is 9.40. The molecule has 1 aromatic carbocycles. The molecule has 1 saturated heterocycles. The maximum Gasteiger partial charge on any atom is 0.316 e. The van der Waals surface area contributed by atoms with Crippen molar-refractivity contribution in [1.29, 1.82) is 0 Å². The minimum absolute atomic E-state index is 0.0868. The van der Waals surface area contributed by atoms with Crippen LogP contribution < -0.4 is 19.7 Å². The average molecular weight is 467 g/mol. The summed E-state index contributed by atoms with van der Waals surface area (Å²) in [5.41, 5.74) is 0.631. The van der Waals surface area contributed by atoms with E-state index in [0.29, 0.717) is 33.3 Å². The van der Waals surface area contributed by atoms with E-state index in [1.165, 1.54) is 26.0 Å². The van der Waals surface area contributed by atoms with Crippen LogP contribution in [0.1, 0.15) is 13.3 Å². The van der Waals surface area contributed by atoms with E-state index in [-0.39, 0.29) is 36.5 Å². The van der Waals surface area contributed by atoms with E-state index in [1.54, 1.807) is 30.0 Å². The highest BCUT2D eigenvalue weighted by atomic mass is 32.2. The number of benzene rings is 1. The molecule has 0 saturated carbocycles. The fourth-order valence-electron chi connectivity index (χ4n) is 2.97. The van der Waals surface area contributed by atoms with Gasteiger partial charge in [-0.1, -0.05) is 23.1 Å². The third-order valence-electron chi connectivity index (χ3n) is 4.43. The monoisotopic (exact) mass is 466 g/mol. The molecule has 2 aromatic rings. The number of ether oxygens (including phenoxy) is 3. The van der Waals surface area contributed by atoms with Crippen LogP contribution in [0.25, 0.3) is 0 Å². The number of amides is 2. The number of aromatic nitrogens is 2. The van der Waals surface area contributed by atoms with Gasteiger partial charge in [0.15, 0.2) is 15.8 Å². The van der Waals surface area contributed by atoms with Crippen LogP contribution in [-0.2, 0) is 19.1 Å². The van der Waals surface area contributed by atoms with Crippen LogP contribution in [0.15, 0.2) is 22.5 Å². The summed E-state index contributed by atoms with van der Waals surface area (Å²) in [4.78, 5) is 38.1. The van der Waals surface area contributed by atoms with Gasteiger partial charge in [-0.05, 0) is 19.1 Å². The second kappa shape index (κ2) is 10.4. The van der Waals surface area contributed by atoms with Crippen LogP contribution in [0.5, 0.6) is 11.5 Å². The van der Waals surface area contributed by atoms with E-state index in [4.69, 9.17) is 14.2 Å². The summed E-state index contributed by atoms with van der Waals surface area (Å²) < 4.78 is 15.9. The Balaban J connectivity index is 1.59. The van der Waals surface area contributed by atoms with Crippen molar-refractivity contribution in [1.82, 2.24) is 10.2 Å². The molecular weight excluding hydrogens is 444 g/mol. The highest BCUT2D eigenvalue weighted by Gasteiger charge is 2.36. The molecule has 3 rings (SSSR count). The highest BCUT2D eigenvalue weighted by Crippen LogP contribution is 2.34. The van der Waals surface area contributed by atoms with E-state index < -0.39 is 5.92 Å². The predicted octanol–water partition coefficient (Wildman–Crippen LogP) is 2.20. The van der Waals surface area contributed by atoms with Gasteiger partial charge >= 0.3 is 5.97 Å². The molecule has 0 aliphatic carbocycles. The minimum Gasteiger partial charge on any atom is -0.493 e. The summed E-state index contributed by atoms with van der Waals surface area (Å²) in [5, 5.41) is 10.9. The number of nitrogens with zero attached hydrogens (tertiary/aromatic N) is 3. The molecule has 2 heterocycles. The van der Waals surface area contributed by atoms with Gasteiger partial charge in [-0.2, -0.15) is 0 Å². The van der Waals surface area contributed by atoms with Crippen LogP contribution in [0, 0.1) is 5.92 Å². The minimum atomic E-state index is -0.528. The Bertz CT molecular complexity index is 967. The Kier molecular flexibility index (Phi) is 7.69. The molecule has 0 radical (unpaired) electrons. The Hall–Kier alpha value is -2.86. The lowest BCUT2D eigenvalue weighted by Gasteiger charge is -2.18. The normalized spacial score (nSPS) is 15.6. The Morgan fingerprint density at radius 2 is 2.03 bits per heavy atom. The third-order valence-corrected chi connectivity index (χ3v) is 6.38. The second-order valence-corrected chi connectivity index (χ2v) is 8.60. The lowest BCUT2D eigenvalue weighted by molar-refractivity contribution is -0.139. The standard InChI is InChI=1S/C19H22N4O6S2/c1-4-29-16(25)10-30-19-22-21-18(31-19)20-17(26)11-7-15(24)23(9-11)12-5-6-13(27-2)14(8-12)28-3/h5-6,8,11H,4,7,9-10H2,1-3H3,(H,20,21,26). The Morgan fingerprint density at radius 1 is 1.26 bits per heavy atom. The van der Waals surface area contributed by atoms with Crippen LogP contribution >= 0.6 is 23.1 Å². The van der Waals surface area contributed by atoms with Gasteiger partial charge in [0, 0.05) is 24.7 Å². The first kappa shape index (κ1) is 22.8. The van der Waals surface area contributed by atoms with Gasteiger partial charge in [-0.25, -0.2) is 0 Å². The summed E-state index contributed by atoms with van der Waals surface area (Å²) in [7, 11) is 3.05. The molecule has 12 heteroatoms. The quantitative estimate of drug-likeness (QED) is 0.337. The van der Waals surface area contributed by atoms with Crippen molar-refractivity contribution in [3.05, 3.63) is 18.2 Å². The molecule has 1 atom stereocenters. The van der Waals surface area contributed by atoms with Crippen molar-refractivity contribution in [2.45, 2.75) is 17.7 Å². The lowest BCUT2D eigenvalue weighted by atomic mass is 10.1. The number of esters is 1. The van der Waals surface area contributed by atoms with E-state index in [1.807, 2.05) is 0 Å². The van der Waals surface area contributed by atoms with Gasteiger partial charge in [0.1, 0.15) is 0 Å². The number of nitrogens with one attached hydrogen (secondary N) is 1. The molecule has 2 amide bonds. The first-order valence-corrected chi connectivity index (χ1v) is 11.2. The topological polar surface area (TPSA) is 120 Å². The second-order valence-electron chi connectivity index (χ2n) is 6.40. The summed E-state index contributed by atoms with van der Waals surface area (Å²) in [6, 6.07) is 5.16. The fraction of sp³-hybridized carbons (Fsp3) is 0.421. The number of anilines is 2. The zero-order valence-corrected chi connectivity index (χ0v) is 18.9. The van der Waals surface area contributed by atoms with Crippen LogP contribution in [0.4, 0.5) is 10.8 Å². The largest absolute Gasteiger partial charge is 0.493 e. The van der Waals surface area contributed by atoms with Crippen molar-refractivity contribution >= 4 is 51.7 Å². The summed E-state index contributed by atoms with van der Waals surface area (Å²) in [6.07, 6.45) is 0.0868. The van der Waals surface area contributed by atoms with Gasteiger partial charge in [-0.15, -0.1) is 10.2 Å². The smallest absolute Gasteiger partial charge is 0.316 e. The maximum absolute atomic E-state index is 12.6. The zero-order chi connectivity index (χ0) is 22.4. The first-order chi connectivity index (χ1) is 14.9. The summed E-state index contributed by atoms with van der Waals surface area (Å²) in [5.74, 6) is -0.159. The molecule has 1 aliphatic heterocycles. The molecule has 1 fully saturated rings. The Labute approximate surface area is 187 Å². The fourth-order valence-corrected chi connectivity index (χ4v) is 4.53. The maximum atomic E-state index is 12.6. The number of hydrogen-bond donors (Lipinski definition) is 1. The molecule has 31 heavy (non-hydrogen) atoms. The average Bonchev–Trinajstić information content (AvgIpc) is 3.38. The van der Waals surface area contributed by atoms with Crippen LogP contribution in [0.2, 0.25) is 0 Å². The van der Waals surface area contributed by atoms with Gasteiger partial charge in [0.25, 0.3) is 0 Å². The predicted molar refractivity (Wildman–Crippen MR) is 116 cm³/mol. The van der Waals surface area contributed by atoms with Crippen molar-refractivity contribution in [2.75, 3.05) is 43.3 Å². The number of hydrogen-bond acceptors (Lipinski definition) is 10. The molecule has 0 spiro atoms. The Morgan fingerprint density at radius 3 is 2.74 bits per heavy atom. The summed E-state index contributed by atoms with van der Waals surface area (Å²) >= 11 is 2.35. The van der Waals surface area contributed by atoms with Gasteiger partial charge < -0.3 is 24.4 Å². The molecule has 1 aliphatic rings. The molecular formula is C19H22N4O6S2. The third kappa shape index (κ3) is 5.64. The van der Waals surface area contributed by atoms with Gasteiger partial charge in [-0.3, -0.25) is 14.4 Å². The number of rotatable bonds is 9. The number of methoxy groups -OCH3 is 2.